The lowest BCUT2D eigenvalue weighted by atomic mass is 10.2. The molecule has 2 heterocycles. The van der Waals surface area contributed by atoms with Crippen LogP contribution in [-0.4, -0.2) is 74.2 Å². The van der Waals surface area contributed by atoms with Gasteiger partial charge in [-0.05, 0) is 6.42 Å². The Hall–Kier alpha value is -1.80. The molecule has 1 aromatic rings. The van der Waals surface area contributed by atoms with Crippen LogP contribution in [0.25, 0.3) is 0 Å². The first-order valence-electron chi connectivity index (χ1n) is 8.52. The summed E-state index contributed by atoms with van der Waals surface area (Å²) in [6, 6.07) is 0. The van der Waals surface area contributed by atoms with Crippen LogP contribution in [-0.2, 0) is 24.8 Å². The van der Waals surface area contributed by atoms with Crippen LogP contribution in [0.1, 0.15) is 18.2 Å². The van der Waals surface area contributed by atoms with Crippen molar-refractivity contribution in [2.24, 2.45) is 12.0 Å². The van der Waals surface area contributed by atoms with Gasteiger partial charge in [0.2, 0.25) is 5.88 Å². The molecular formula is C16H30N6O2. The molecule has 1 aromatic heterocycles. The number of rotatable bonds is 7. The zero-order valence-corrected chi connectivity index (χ0v) is 15.3. The van der Waals surface area contributed by atoms with E-state index in [0.717, 1.165) is 68.9 Å². The molecule has 136 valence electrons. The molecule has 24 heavy (non-hydrogen) atoms. The Morgan fingerprint density at radius 1 is 1.33 bits per heavy atom. The smallest absolute Gasteiger partial charge is 0.216 e. The minimum Gasteiger partial charge on any atom is -0.481 e. The lowest BCUT2D eigenvalue weighted by Gasteiger charge is -2.26. The van der Waals surface area contributed by atoms with Crippen molar-refractivity contribution in [1.29, 1.82) is 0 Å². The SMILES string of the molecule is CCc1nn(C)c(OC)c1CNC(=NC)NCCN1CCOCC1. The van der Waals surface area contributed by atoms with E-state index in [4.69, 9.17) is 9.47 Å². The van der Waals surface area contributed by atoms with Gasteiger partial charge in [0.1, 0.15) is 0 Å². The molecule has 0 bridgehead atoms. The van der Waals surface area contributed by atoms with Gasteiger partial charge in [-0.1, -0.05) is 6.92 Å². The molecule has 0 radical (unpaired) electrons. The summed E-state index contributed by atoms with van der Waals surface area (Å²) < 4.78 is 12.6. The van der Waals surface area contributed by atoms with E-state index >= 15 is 0 Å². The highest BCUT2D eigenvalue weighted by molar-refractivity contribution is 5.79. The molecule has 1 fully saturated rings. The third-order valence-corrected chi connectivity index (χ3v) is 4.18. The molecule has 8 nitrogen and oxygen atoms in total. The van der Waals surface area contributed by atoms with Crippen molar-refractivity contribution >= 4 is 5.96 Å². The van der Waals surface area contributed by atoms with Gasteiger partial charge in [0.05, 0.1) is 38.1 Å². The number of hydrogen-bond acceptors (Lipinski definition) is 5. The van der Waals surface area contributed by atoms with E-state index in [1.54, 1.807) is 18.8 Å². The molecule has 0 spiro atoms. The van der Waals surface area contributed by atoms with Gasteiger partial charge < -0.3 is 20.1 Å². The van der Waals surface area contributed by atoms with E-state index in [1.165, 1.54) is 0 Å². The van der Waals surface area contributed by atoms with Crippen LogP contribution >= 0.6 is 0 Å². The van der Waals surface area contributed by atoms with Crippen molar-refractivity contribution in [1.82, 2.24) is 25.3 Å². The van der Waals surface area contributed by atoms with Gasteiger partial charge in [-0.2, -0.15) is 5.10 Å². The fourth-order valence-corrected chi connectivity index (χ4v) is 2.87. The predicted octanol–water partition coefficient (Wildman–Crippen LogP) is -0.0117. The lowest BCUT2D eigenvalue weighted by molar-refractivity contribution is 0.0389. The zero-order chi connectivity index (χ0) is 17.4. The van der Waals surface area contributed by atoms with Crippen LogP contribution < -0.4 is 15.4 Å². The third kappa shape index (κ3) is 4.85. The van der Waals surface area contributed by atoms with Crippen molar-refractivity contribution in [3.8, 4) is 5.88 Å². The molecule has 0 atom stereocenters. The minimum atomic E-state index is 0.636. The summed E-state index contributed by atoms with van der Waals surface area (Å²) in [5, 5.41) is 11.2. The Kier molecular flexibility index (Phi) is 7.33. The molecule has 0 aliphatic carbocycles. The number of methoxy groups -OCH3 is 1. The molecule has 8 heteroatoms. The quantitative estimate of drug-likeness (QED) is 0.538. The summed E-state index contributed by atoms with van der Waals surface area (Å²) >= 11 is 0. The van der Waals surface area contributed by atoms with E-state index in [0.29, 0.717) is 6.54 Å². The first kappa shape index (κ1) is 18.5. The first-order valence-corrected chi connectivity index (χ1v) is 8.52. The highest BCUT2D eigenvalue weighted by Crippen LogP contribution is 2.21. The van der Waals surface area contributed by atoms with Gasteiger partial charge in [0.15, 0.2) is 5.96 Å². The van der Waals surface area contributed by atoms with Gasteiger partial charge in [-0.15, -0.1) is 0 Å². The number of morpholine rings is 1. The average molecular weight is 338 g/mol. The Morgan fingerprint density at radius 3 is 2.71 bits per heavy atom. The van der Waals surface area contributed by atoms with Gasteiger partial charge in [0, 0.05) is 40.3 Å². The first-order chi connectivity index (χ1) is 11.7. The van der Waals surface area contributed by atoms with Crippen LogP contribution in [0.15, 0.2) is 4.99 Å². The molecule has 0 amide bonds. The second-order valence-electron chi connectivity index (χ2n) is 5.72. The second kappa shape index (κ2) is 9.48. The van der Waals surface area contributed by atoms with E-state index < -0.39 is 0 Å². The third-order valence-electron chi connectivity index (χ3n) is 4.18. The van der Waals surface area contributed by atoms with Crippen molar-refractivity contribution in [3.05, 3.63) is 11.3 Å². The van der Waals surface area contributed by atoms with E-state index in [1.807, 2.05) is 7.05 Å². The number of hydrogen-bond donors (Lipinski definition) is 2. The molecular weight excluding hydrogens is 308 g/mol. The van der Waals surface area contributed by atoms with Gasteiger partial charge in [-0.3, -0.25) is 9.89 Å². The van der Waals surface area contributed by atoms with Crippen molar-refractivity contribution in [3.63, 3.8) is 0 Å². The van der Waals surface area contributed by atoms with Crippen LogP contribution in [0.5, 0.6) is 5.88 Å². The maximum Gasteiger partial charge on any atom is 0.216 e. The molecule has 0 saturated carbocycles. The molecule has 1 saturated heterocycles. The normalized spacial score (nSPS) is 16.2. The Bertz CT molecular complexity index is 537. The van der Waals surface area contributed by atoms with Crippen molar-refractivity contribution in [2.75, 3.05) is 53.6 Å². The molecule has 2 rings (SSSR count). The fraction of sp³-hybridized carbons (Fsp3) is 0.750. The monoisotopic (exact) mass is 338 g/mol. The number of nitrogens with one attached hydrogen (secondary N) is 2. The van der Waals surface area contributed by atoms with Crippen LogP contribution in [0.2, 0.25) is 0 Å². The van der Waals surface area contributed by atoms with Crippen molar-refractivity contribution < 1.29 is 9.47 Å². The number of nitrogens with zero attached hydrogens (tertiary/aromatic N) is 4. The summed E-state index contributed by atoms with van der Waals surface area (Å²) in [6.45, 7) is 8.23. The fourth-order valence-electron chi connectivity index (χ4n) is 2.87. The maximum atomic E-state index is 5.47. The Labute approximate surface area is 144 Å². The molecule has 0 aromatic carbocycles. The Balaban J connectivity index is 1.83. The van der Waals surface area contributed by atoms with Gasteiger partial charge >= 0.3 is 0 Å². The average Bonchev–Trinajstić information content (AvgIpc) is 2.93. The number of aromatic nitrogens is 2. The zero-order valence-electron chi connectivity index (χ0n) is 15.3. The Morgan fingerprint density at radius 2 is 2.08 bits per heavy atom. The summed E-state index contributed by atoms with van der Waals surface area (Å²) in [7, 11) is 5.36. The maximum absolute atomic E-state index is 5.47. The number of ether oxygens (including phenoxy) is 2. The molecule has 0 unspecified atom stereocenters. The largest absolute Gasteiger partial charge is 0.481 e. The van der Waals surface area contributed by atoms with E-state index in [2.05, 4.69) is 32.5 Å². The number of aryl methyl sites for hydroxylation is 2. The van der Waals surface area contributed by atoms with Crippen molar-refractivity contribution in [2.45, 2.75) is 19.9 Å². The van der Waals surface area contributed by atoms with Crippen LogP contribution in [0.3, 0.4) is 0 Å². The van der Waals surface area contributed by atoms with Gasteiger partial charge in [-0.25, -0.2) is 4.68 Å². The summed E-state index contributed by atoms with van der Waals surface area (Å²) in [5.74, 6) is 1.58. The number of guanidine groups is 1. The van der Waals surface area contributed by atoms with Crippen LogP contribution in [0.4, 0.5) is 0 Å². The lowest BCUT2D eigenvalue weighted by Crippen LogP contribution is -2.44. The predicted molar refractivity (Wildman–Crippen MR) is 94.6 cm³/mol. The highest BCUT2D eigenvalue weighted by Gasteiger charge is 2.16. The minimum absolute atomic E-state index is 0.636. The molecule has 2 N–H and O–H groups in total. The highest BCUT2D eigenvalue weighted by atomic mass is 16.5. The van der Waals surface area contributed by atoms with Crippen LogP contribution in [0, 0.1) is 0 Å². The second-order valence-corrected chi connectivity index (χ2v) is 5.72. The molecule has 1 aliphatic heterocycles. The number of aliphatic imine (C=N–C) groups is 1. The summed E-state index contributed by atoms with van der Waals surface area (Å²) in [5.41, 5.74) is 2.13. The molecule has 1 aliphatic rings. The topological polar surface area (TPSA) is 75.9 Å². The van der Waals surface area contributed by atoms with E-state index in [-0.39, 0.29) is 0 Å². The summed E-state index contributed by atoms with van der Waals surface area (Å²) in [6.07, 6.45) is 0.872. The summed E-state index contributed by atoms with van der Waals surface area (Å²) in [4.78, 5) is 6.68. The standard InChI is InChI=1S/C16H30N6O2/c1-5-14-13(15(23-4)21(3)20-14)12-19-16(17-2)18-6-7-22-8-10-24-11-9-22/h5-12H2,1-4H3,(H2,17,18,19). The van der Waals surface area contributed by atoms with Gasteiger partial charge in [0.25, 0.3) is 0 Å². The van der Waals surface area contributed by atoms with E-state index in [9.17, 15) is 0 Å².